The van der Waals surface area contributed by atoms with Crippen LogP contribution >= 0.6 is 11.8 Å². The number of imidazole rings is 1. The molecule has 80 valence electrons. The predicted molar refractivity (Wildman–Crippen MR) is 69.3 cm³/mol. The maximum Gasteiger partial charge on any atom is 0.172 e. The van der Waals surface area contributed by atoms with Crippen molar-refractivity contribution in [2.24, 2.45) is 0 Å². The van der Waals surface area contributed by atoms with Crippen molar-refractivity contribution in [2.75, 3.05) is 5.38 Å². The molecular weight excluding hydrogens is 220 g/mol. The number of aromatic nitrogens is 2. The molecule has 0 saturated heterocycles. The van der Waals surface area contributed by atoms with E-state index in [9.17, 15) is 0 Å². The van der Waals surface area contributed by atoms with Gasteiger partial charge in [-0.05, 0) is 17.5 Å². The number of hydrogen-bond donors (Lipinski definition) is 0. The zero-order valence-electron chi connectivity index (χ0n) is 9.40. The van der Waals surface area contributed by atoms with E-state index in [2.05, 4.69) is 41.3 Å². The summed E-state index contributed by atoms with van der Waals surface area (Å²) in [5.41, 5.74) is 1.18. The van der Waals surface area contributed by atoms with Crippen molar-refractivity contribution in [1.29, 1.82) is 0 Å². The molecule has 0 fully saturated rings. The summed E-state index contributed by atoms with van der Waals surface area (Å²) < 4.78 is 2.16. The van der Waals surface area contributed by atoms with Crippen LogP contribution in [0.5, 0.6) is 0 Å². The van der Waals surface area contributed by atoms with Gasteiger partial charge >= 0.3 is 0 Å². The molecule has 0 spiro atoms. The van der Waals surface area contributed by atoms with Crippen LogP contribution in [0, 0.1) is 0 Å². The largest absolute Gasteiger partial charge is 0.295 e. The molecule has 2 heterocycles. The van der Waals surface area contributed by atoms with E-state index < -0.39 is 8.07 Å². The summed E-state index contributed by atoms with van der Waals surface area (Å²) in [6.07, 6.45) is 4.02. The first-order valence-corrected chi connectivity index (χ1v) is 9.80. The molecule has 0 bridgehead atoms. The highest BCUT2D eigenvalue weighted by Crippen LogP contribution is 2.21. The first-order valence-electron chi connectivity index (χ1n) is 5.11. The summed E-state index contributed by atoms with van der Waals surface area (Å²) >= 11 is 1.88. The second kappa shape index (κ2) is 4.02. The second-order valence-electron chi connectivity index (χ2n) is 4.89. The lowest BCUT2D eigenvalue weighted by Crippen LogP contribution is -2.23. The number of nitrogens with zero attached hydrogens (tertiary/aromatic N) is 2. The minimum absolute atomic E-state index is 0.991. The fourth-order valence-corrected chi connectivity index (χ4v) is 3.99. The van der Waals surface area contributed by atoms with Crippen LogP contribution in [0.25, 0.3) is 5.52 Å². The Balaban J connectivity index is 2.22. The third-order valence-corrected chi connectivity index (χ3v) is 6.64. The Hall–Kier alpha value is -0.743. The quantitative estimate of drug-likeness (QED) is 0.601. The van der Waals surface area contributed by atoms with Gasteiger partial charge in [0, 0.05) is 6.20 Å². The molecule has 0 atom stereocenters. The van der Waals surface area contributed by atoms with E-state index in [4.69, 9.17) is 0 Å². The Bertz CT molecular complexity index is 459. The lowest BCUT2D eigenvalue weighted by molar-refractivity contribution is 0.960. The minimum atomic E-state index is -0.991. The molecule has 0 aliphatic heterocycles. The minimum Gasteiger partial charge on any atom is -0.295 e. The third kappa shape index (κ3) is 2.63. The van der Waals surface area contributed by atoms with Gasteiger partial charge in [-0.15, -0.1) is 0 Å². The molecule has 2 rings (SSSR count). The molecule has 0 N–H and O–H groups in total. The van der Waals surface area contributed by atoms with E-state index in [1.54, 1.807) is 0 Å². The van der Waals surface area contributed by atoms with Crippen LogP contribution in [0.15, 0.2) is 35.7 Å². The Labute approximate surface area is 95.7 Å². The molecule has 2 nitrogen and oxygen atoms in total. The Morgan fingerprint density at radius 1 is 1.33 bits per heavy atom. The molecule has 0 aromatic carbocycles. The highest BCUT2D eigenvalue weighted by molar-refractivity contribution is 8.00. The van der Waals surface area contributed by atoms with Crippen molar-refractivity contribution >= 4 is 25.4 Å². The van der Waals surface area contributed by atoms with E-state index in [0.717, 1.165) is 5.16 Å². The average molecular weight is 236 g/mol. The molecule has 0 aliphatic carbocycles. The molecule has 0 saturated carbocycles. The van der Waals surface area contributed by atoms with Gasteiger partial charge in [0.05, 0.1) is 19.8 Å². The van der Waals surface area contributed by atoms with Crippen molar-refractivity contribution in [2.45, 2.75) is 24.8 Å². The maximum atomic E-state index is 4.45. The molecule has 0 amide bonds. The first kappa shape index (κ1) is 10.8. The Morgan fingerprint density at radius 2 is 2.13 bits per heavy atom. The Morgan fingerprint density at radius 3 is 2.87 bits per heavy atom. The van der Waals surface area contributed by atoms with E-state index in [1.165, 1.54) is 10.9 Å². The molecule has 4 heteroatoms. The molecule has 0 unspecified atom stereocenters. The van der Waals surface area contributed by atoms with Crippen molar-refractivity contribution in [3.05, 3.63) is 30.6 Å². The topological polar surface area (TPSA) is 17.3 Å². The Kier molecular flexibility index (Phi) is 2.89. The first-order chi connectivity index (χ1) is 7.06. The zero-order chi connectivity index (χ0) is 10.9. The van der Waals surface area contributed by atoms with Gasteiger partial charge < -0.3 is 0 Å². The summed E-state index contributed by atoms with van der Waals surface area (Å²) in [4.78, 5) is 4.45. The molecule has 15 heavy (non-hydrogen) atoms. The van der Waals surface area contributed by atoms with E-state index in [0.29, 0.717) is 0 Å². The highest BCUT2D eigenvalue weighted by atomic mass is 32.2. The average Bonchev–Trinajstić information content (AvgIpc) is 2.57. The summed E-state index contributed by atoms with van der Waals surface area (Å²) in [6, 6.07) is 6.18. The third-order valence-electron chi connectivity index (χ3n) is 2.04. The number of pyridine rings is 1. The predicted octanol–water partition coefficient (Wildman–Crippen LogP) is 3.30. The van der Waals surface area contributed by atoms with Crippen molar-refractivity contribution in [3.63, 3.8) is 0 Å². The van der Waals surface area contributed by atoms with Gasteiger partial charge in [0.15, 0.2) is 5.16 Å². The second-order valence-corrected chi connectivity index (χ2v) is 11.8. The van der Waals surface area contributed by atoms with Gasteiger partial charge in [-0.2, -0.15) is 0 Å². The molecule has 0 aliphatic rings. The van der Waals surface area contributed by atoms with Crippen molar-refractivity contribution < 1.29 is 0 Å². The van der Waals surface area contributed by atoms with Crippen LogP contribution in [0.2, 0.25) is 19.6 Å². The van der Waals surface area contributed by atoms with Gasteiger partial charge in [-0.3, -0.25) is 4.40 Å². The standard InChI is InChI=1S/C11H16N2SSi/c1-15(2,3)9-14-11-12-8-10-6-4-5-7-13(10)11/h4-8H,9H2,1-3H3. The van der Waals surface area contributed by atoms with E-state index in [-0.39, 0.29) is 0 Å². The van der Waals surface area contributed by atoms with Gasteiger partial charge in [0.25, 0.3) is 0 Å². The summed E-state index contributed by atoms with van der Waals surface area (Å²) in [6.45, 7) is 7.15. The van der Waals surface area contributed by atoms with Crippen LogP contribution in [0.3, 0.4) is 0 Å². The summed E-state index contributed by atoms with van der Waals surface area (Å²) in [7, 11) is -0.991. The number of hydrogen-bond acceptors (Lipinski definition) is 2. The SMILES string of the molecule is C[Si](C)(C)CSc1ncc2ccccn12. The molecule has 0 radical (unpaired) electrons. The lowest BCUT2D eigenvalue weighted by atomic mass is 10.4. The van der Waals surface area contributed by atoms with Gasteiger partial charge in [-0.1, -0.05) is 37.5 Å². The van der Waals surface area contributed by atoms with Crippen LogP contribution in [-0.4, -0.2) is 22.8 Å². The molecule has 2 aromatic heterocycles. The normalized spacial score (nSPS) is 12.2. The number of rotatable bonds is 3. The van der Waals surface area contributed by atoms with Gasteiger partial charge in [-0.25, -0.2) is 4.98 Å². The molecular formula is C11H16N2SSi. The zero-order valence-corrected chi connectivity index (χ0v) is 11.2. The smallest absolute Gasteiger partial charge is 0.172 e. The summed E-state index contributed by atoms with van der Waals surface area (Å²) in [5, 5.41) is 2.34. The highest BCUT2D eigenvalue weighted by Gasteiger charge is 2.14. The fourth-order valence-electron chi connectivity index (χ4n) is 1.31. The summed E-state index contributed by atoms with van der Waals surface area (Å²) in [5.74, 6) is 0. The maximum absolute atomic E-state index is 4.45. The van der Waals surface area contributed by atoms with Crippen molar-refractivity contribution in [3.8, 4) is 0 Å². The fraction of sp³-hybridized carbons (Fsp3) is 0.364. The van der Waals surface area contributed by atoms with Crippen LogP contribution < -0.4 is 0 Å². The number of thioether (sulfide) groups is 1. The van der Waals surface area contributed by atoms with Crippen LogP contribution in [0.1, 0.15) is 0 Å². The van der Waals surface area contributed by atoms with Gasteiger partial charge in [0.1, 0.15) is 0 Å². The lowest BCUT2D eigenvalue weighted by Gasteiger charge is -2.13. The van der Waals surface area contributed by atoms with Crippen LogP contribution in [-0.2, 0) is 0 Å². The molecule has 2 aromatic rings. The van der Waals surface area contributed by atoms with Gasteiger partial charge in [0.2, 0.25) is 0 Å². The van der Waals surface area contributed by atoms with Crippen molar-refractivity contribution in [1.82, 2.24) is 9.38 Å². The van der Waals surface area contributed by atoms with E-state index in [1.807, 2.05) is 30.1 Å². The van der Waals surface area contributed by atoms with E-state index >= 15 is 0 Å². The number of fused-ring (bicyclic) bond motifs is 1. The monoisotopic (exact) mass is 236 g/mol. The van der Waals surface area contributed by atoms with Crippen LogP contribution in [0.4, 0.5) is 0 Å².